The summed E-state index contributed by atoms with van der Waals surface area (Å²) in [6.45, 7) is 9.50. The van der Waals surface area contributed by atoms with E-state index in [1.807, 2.05) is 57.2 Å². The first-order valence-corrected chi connectivity index (χ1v) is 14.7. The van der Waals surface area contributed by atoms with E-state index in [0.29, 0.717) is 5.95 Å². The van der Waals surface area contributed by atoms with Crippen LogP contribution in [0.15, 0.2) is 65.7 Å². The van der Waals surface area contributed by atoms with Crippen molar-refractivity contribution in [3.05, 3.63) is 66.6 Å². The molecule has 0 spiro atoms. The number of fused-ring (bicyclic) bond motifs is 2. The monoisotopic (exact) mass is 560 g/mol. The summed E-state index contributed by atoms with van der Waals surface area (Å²) in [5, 5.41) is 7.99. The van der Waals surface area contributed by atoms with Gasteiger partial charge >= 0.3 is 0 Å². The van der Waals surface area contributed by atoms with Crippen molar-refractivity contribution in [2.75, 3.05) is 31.6 Å². The van der Waals surface area contributed by atoms with E-state index in [1.165, 1.54) is 0 Å². The van der Waals surface area contributed by atoms with Crippen molar-refractivity contribution in [2.24, 2.45) is 0 Å². The molecule has 0 saturated carbocycles. The van der Waals surface area contributed by atoms with Crippen LogP contribution in [0.1, 0.15) is 26.6 Å². The highest BCUT2D eigenvalue weighted by Gasteiger charge is 2.22. The molecule has 1 saturated heterocycles. The molecule has 11 nitrogen and oxygen atoms in total. The van der Waals surface area contributed by atoms with Crippen LogP contribution in [-0.4, -0.2) is 69.7 Å². The van der Waals surface area contributed by atoms with Crippen LogP contribution in [0.4, 0.5) is 11.6 Å². The minimum absolute atomic E-state index is 0.197. The number of hydrogen-bond donors (Lipinski definition) is 3. The maximum Gasteiger partial charge on any atom is 0.245 e. The highest BCUT2D eigenvalue weighted by atomic mass is 32.2. The predicted octanol–water partition coefficient (Wildman–Crippen LogP) is 3.93. The van der Waals surface area contributed by atoms with Gasteiger partial charge in [-0.1, -0.05) is 12.1 Å². The molecule has 1 aliphatic rings. The van der Waals surface area contributed by atoms with Crippen molar-refractivity contribution in [1.82, 2.24) is 34.2 Å². The lowest BCUT2D eigenvalue weighted by Crippen LogP contribution is -2.40. The van der Waals surface area contributed by atoms with Crippen molar-refractivity contribution < 1.29 is 13.2 Å². The molecule has 0 bridgehead atoms. The number of morpholine rings is 1. The average Bonchev–Trinajstić information content (AvgIpc) is 3.51. The third-order valence-electron chi connectivity index (χ3n) is 6.54. The Balaban J connectivity index is 1.25. The zero-order valence-electron chi connectivity index (χ0n) is 22.7. The topological polar surface area (TPSA) is 130 Å². The van der Waals surface area contributed by atoms with E-state index >= 15 is 0 Å². The normalized spacial score (nSPS) is 15.2. The maximum atomic E-state index is 12.9. The van der Waals surface area contributed by atoms with E-state index in [1.54, 1.807) is 28.9 Å². The zero-order chi connectivity index (χ0) is 27.9. The number of aromatic nitrogens is 5. The van der Waals surface area contributed by atoms with Gasteiger partial charge in [0.1, 0.15) is 5.82 Å². The van der Waals surface area contributed by atoms with Gasteiger partial charge < -0.3 is 15.0 Å². The molecular formula is C28H32N8O3S. The molecule has 4 heterocycles. The minimum atomic E-state index is -3.68. The number of H-pyrrole nitrogens is 1. The molecule has 5 aromatic rings. The molecule has 0 aliphatic carbocycles. The number of sulfonamides is 1. The smallest absolute Gasteiger partial charge is 0.245 e. The number of rotatable bonds is 7. The predicted molar refractivity (Wildman–Crippen MR) is 154 cm³/mol. The maximum absolute atomic E-state index is 12.9. The quantitative estimate of drug-likeness (QED) is 0.273. The molecular weight excluding hydrogens is 528 g/mol. The third-order valence-corrected chi connectivity index (χ3v) is 8.30. The van der Waals surface area contributed by atoms with Crippen LogP contribution in [0.3, 0.4) is 0 Å². The number of hydrogen-bond acceptors (Lipinski definition) is 8. The van der Waals surface area contributed by atoms with Crippen molar-refractivity contribution in [2.45, 2.75) is 37.8 Å². The van der Waals surface area contributed by atoms with E-state index in [0.717, 1.165) is 72.2 Å². The molecule has 2 aromatic carbocycles. The second kappa shape index (κ2) is 10.3. The first kappa shape index (κ1) is 26.4. The molecule has 0 atom stereocenters. The van der Waals surface area contributed by atoms with Crippen LogP contribution in [0, 0.1) is 0 Å². The molecule has 0 amide bonds. The van der Waals surface area contributed by atoms with Gasteiger partial charge in [0.15, 0.2) is 0 Å². The summed E-state index contributed by atoms with van der Waals surface area (Å²) in [4.78, 5) is 15.1. The summed E-state index contributed by atoms with van der Waals surface area (Å²) in [5.41, 5.74) is 4.33. The summed E-state index contributed by atoms with van der Waals surface area (Å²) in [6, 6.07) is 16.6. The van der Waals surface area contributed by atoms with Gasteiger partial charge in [-0.25, -0.2) is 27.6 Å². The number of benzene rings is 2. The fourth-order valence-electron chi connectivity index (χ4n) is 4.78. The molecule has 208 valence electrons. The lowest BCUT2D eigenvalue weighted by atomic mass is 10.1. The molecule has 12 heteroatoms. The van der Waals surface area contributed by atoms with Crippen molar-refractivity contribution in [1.29, 1.82) is 0 Å². The van der Waals surface area contributed by atoms with Crippen LogP contribution in [0.5, 0.6) is 0 Å². The average molecular weight is 561 g/mol. The molecule has 1 aliphatic heterocycles. The minimum Gasteiger partial charge on any atom is -0.379 e. The Bertz CT molecular complexity index is 1780. The van der Waals surface area contributed by atoms with Gasteiger partial charge in [0.2, 0.25) is 16.0 Å². The number of ether oxygens (including phenoxy) is 1. The first-order valence-electron chi connectivity index (χ1n) is 13.2. The van der Waals surface area contributed by atoms with E-state index < -0.39 is 15.6 Å². The Hall–Kier alpha value is -3.84. The molecule has 0 unspecified atom stereocenters. The van der Waals surface area contributed by atoms with Crippen LogP contribution in [0.2, 0.25) is 0 Å². The van der Waals surface area contributed by atoms with Crippen molar-refractivity contribution in [3.8, 4) is 11.3 Å². The lowest BCUT2D eigenvalue weighted by Gasteiger charge is -2.25. The molecule has 3 aromatic heterocycles. The third kappa shape index (κ3) is 5.70. The number of nitrogens with zero attached hydrogens (tertiary/aromatic N) is 5. The van der Waals surface area contributed by atoms with Crippen LogP contribution in [0.25, 0.3) is 27.8 Å². The highest BCUT2D eigenvalue weighted by molar-refractivity contribution is 7.89. The highest BCUT2D eigenvalue weighted by Crippen LogP contribution is 2.26. The summed E-state index contributed by atoms with van der Waals surface area (Å²) < 4.78 is 35.7. The van der Waals surface area contributed by atoms with Gasteiger partial charge in [-0.05, 0) is 63.2 Å². The van der Waals surface area contributed by atoms with Gasteiger partial charge in [-0.2, -0.15) is 0 Å². The van der Waals surface area contributed by atoms with E-state index in [2.05, 4.69) is 24.9 Å². The molecule has 1 fully saturated rings. The largest absolute Gasteiger partial charge is 0.379 e. The fourth-order valence-corrected chi connectivity index (χ4v) is 6.24. The summed E-state index contributed by atoms with van der Waals surface area (Å²) in [6.07, 6.45) is 1.73. The number of nitrogens with one attached hydrogen (secondary N) is 3. The van der Waals surface area contributed by atoms with E-state index in [4.69, 9.17) is 14.8 Å². The van der Waals surface area contributed by atoms with Crippen LogP contribution >= 0.6 is 0 Å². The molecule has 3 N–H and O–H groups in total. The van der Waals surface area contributed by atoms with Crippen LogP contribution in [-0.2, 0) is 21.3 Å². The van der Waals surface area contributed by atoms with Gasteiger partial charge in [-0.15, -0.1) is 5.10 Å². The Morgan fingerprint density at radius 3 is 2.67 bits per heavy atom. The zero-order valence-corrected chi connectivity index (χ0v) is 23.5. The SMILES string of the molecule is CC(C)(C)NS(=O)(=O)c1cccc(-c2ccc3cnc(Nc4ccc5nc(CN6CCOCC6)[nH]c5c4)nn23)c1. The lowest BCUT2D eigenvalue weighted by molar-refractivity contribution is 0.0332. The Kier molecular flexibility index (Phi) is 6.78. The summed E-state index contributed by atoms with van der Waals surface area (Å²) >= 11 is 0. The van der Waals surface area contributed by atoms with Gasteiger partial charge in [0.25, 0.3) is 0 Å². The Morgan fingerprint density at radius 1 is 1.05 bits per heavy atom. The number of aromatic amines is 1. The van der Waals surface area contributed by atoms with E-state index in [9.17, 15) is 8.42 Å². The van der Waals surface area contributed by atoms with Crippen molar-refractivity contribution in [3.63, 3.8) is 0 Å². The molecule has 40 heavy (non-hydrogen) atoms. The first-order chi connectivity index (χ1) is 19.1. The standard InChI is InChI=1S/C28H32N8O3S/c1-28(2,3)34-40(37,38)22-6-4-5-19(15-22)25-10-8-21-17-29-27(33-36(21)25)30-20-7-9-23-24(16-20)32-26(31-23)18-35-11-13-39-14-12-35/h4-10,15-17,34H,11-14,18H2,1-3H3,(H,30,33)(H,31,32). The van der Waals surface area contributed by atoms with E-state index in [-0.39, 0.29) is 4.90 Å². The Morgan fingerprint density at radius 2 is 1.88 bits per heavy atom. The van der Waals surface area contributed by atoms with Crippen molar-refractivity contribution >= 4 is 38.2 Å². The second-order valence-electron chi connectivity index (χ2n) is 10.9. The number of imidazole rings is 1. The number of anilines is 2. The molecule has 0 radical (unpaired) electrons. The fraction of sp³-hybridized carbons (Fsp3) is 0.321. The van der Waals surface area contributed by atoms with Gasteiger partial charge in [0, 0.05) is 29.9 Å². The second-order valence-corrected chi connectivity index (χ2v) is 12.6. The van der Waals surface area contributed by atoms with Crippen LogP contribution < -0.4 is 10.0 Å². The van der Waals surface area contributed by atoms with Gasteiger partial charge in [-0.3, -0.25) is 4.90 Å². The summed E-state index contributed by atoms with van der Waals surface area (Å²) in [5.74, 6) is 1.33. The Labute approximate surface area is 232 Å². The van der Waals surface area contributed by atoms with Gasteiger partial charge in [0.05, 0.1) is 53.1 Å². The molecule has 6 rings (SSSR count). The summed E-state index contributed by atoms with van der Waals surface area (Å²) in [7, 11) is -3.68.